The Morgan fingerprint density at radius 1 is 1.17 bits per heavy atom. The van der Waals surface area contributed by atoms with Crippen LogP contribution < -0.4 is 5.32 Å². The van der Waals surface area contributed by atoms with Crippen LogP contribution in [0.2, 0.25) is 0 Å². The molecule has 1 N–H and O–H groups in total. The number of rotatable bonds is 5. The standard InChI is InChI=1S/C22H25N3O4S/c1-17-8-10-18(11-9-17)15-23-21(26)20-14-22(29-24-20)12-5-13-25(16-22)30(27,28)19-6-3-2-4-7-19/h2-4,6-11H,5,12-16H2,1H3,(H,23,26). The number of aryl methyl sites for hydroxylation is 1. The number of nitrogens with zero attached hydrogens (tertiary/aromatic N) is 2. The summed E-state index contributed by atoms with van der Waals surface area (Å²) in [5.41, 5.74) is 1.69. The molecule has 1 amide bonds. The lowest BCUT2D eigenvalue weighted by Crippen LogP contribution is -2.50. The van der Waals surface area contributed by atoms with Crippen LogP contribution in [0.4, 0.5) is 0 Å². The minimum Gasteiger partial charge on any atom is -0.387 e. The number of hydrogen-bond acceptors (Lipinski definition) is 5. The Morgan fingerprint density at radius 3 is 2.63 bits per heavy atom. The van der Waals surface area contributed by atoms with Crippen molar-refractivity contribution < 1.29 is 18.0 Å². The van der Waals surface area contributed by atoms with E-state index in [-0.39, 0.29) is 17.3 Å². The van der Waals surface area contributed by atoms with Crippen LogP contribution in [0, 0.1) is 6.92 Å². The molecule has 1 unspecified atom stereocenters. The average Bonchev–Trinajstić information content (AvgIpc) is 3.17. The van der Waals surface area contributed by atoms with Crippen LogP contribution in [0.3, 0.4) is 0 Å². The van der Waals surface area contributed by atoms with E-state index < -0.39 is 15.6 Å². The van der Waals surface area contributed by atoms with Gasteiger partial charge in [0.2, 0.25) is 10.0 Å². The molecule has 8 heteroatoms. The van der Waals surface area contributed by atoms with Gasteiger partial charge in [0.1, 0.15) is 5.71 Å². The lowest BCUT2D eigenvalue weighted by molar-refractivity contribution is -0.115. The first-order valence-corrected chi connectivity index (χ1v) is 11.5. The number of amides is 1. The smallest absolute Gasteiger partial charge is 0.269 e. The van der Waals surface area contributed by atoms with Gasteiger partial charge >= 0.3 is 0 Å². The second kappa shape index (κ2) is 8.20. The Morgan fingerprint density at radius 2 is 1.90 bits per heavy atom. The number of oxime groups is 1. The van der Waals surface area contributed by atoms with Gasteiger partial charge in [-0.25, -0.2) is 8.42 Å². The van der Waals surface area contributed by atoms with Gasteiger partial charge in [-0.3, -0.25) is 4.79 Å². The van der Waals surface area contributed by atoms with Crippen molar-refractivity contribution in [1.29, 1.82) is 0 Å². The first kappa shape index (κ1) is 20.6. The van der Waals surface area contributed by atoms with E-state index >= 15 is 0 Å². The summed E-state index contributed by atoms with van der Waals surface area (Å²) in [5, 5.41) is 6.88. The van der Waals surface area contributed by atoms with E-state index in [1.165, 1.54) is 4.31 Å². The quantitative estimate of drug-likeness (QED) is 0.795. The lowest BCUT2D eigenvalue weighted by atomic mass is 9.89. The van der Waals surface area contributed by atoms with Crippen molar-refractivity contribution in [2.75, 3.05) is 13.1 Å². The van der Waals surface area contributed by atoms with Crippen LogP contribution >= 0.6 is 0 Å². The van der Waals surface area contributed by atoms with E-state index in [1.54, 1.807) is 30.3 Å². The van der Waals surface area contributed by atoms with Gasteiger partial charge in [0, 0.05) is 19.5 Å². The third-order valence-electron chi connectivity index (χ3n) is 5.56. The summed E-state index contributed by atoms with van der Waals surface area (Å²) in [4.78, 5) is 18.5. The number of carbonyl (C=O) groups is 1. The molecule has 7 nitrogen and oxygen atoms in total. The monoisotopic (exact) mass is 427 g/mol. The fraction of sp³-hybridized carbons (Fsp3) is 0.364. The zero-order valence-corrected chi connectivity index (χ0v) is 17.7. The highest BCUT2D eigenvalue weighted by Gasteiger charge is 2.47. The molecule has 0 radical (unpaired) electrons. The largest absolute Gasteiger partial charge is 0.387 e. The van der Waals surface area contributed by atoms with Crippen molar-refractivity contribution in [3.05, 3.63) is 65.7 Å². The Labute approximate surface area is 176 Å². The Balaban J connectivity index is 1.39. The zero-order chi connectivity index (χ0) is 21.2. The molecule has 2 aromatic carbocycles. The molecule has 2 aliphatic rings. The van der Waals surface area contributed by atoms with Crippen LogP contribution in [0.25, 0.3) is 0 Å². The second-order valence-electron chi connectivity index (χ2n) is 7.91. The number of benzene rings is 2. The third kappa shape index (κ3) is 4.24. The van der Waals surface area contributed by atoms with Crippen molar-refractivity contribution >= 4 is 21.6 Å². The maximum atomic E-state index is 13.0. The third-order valence-corrected chi connectivity index (χ3v) is 7.42. The molecule has 30 heavy (non-hydrogen) atoms. The van der Waals surface area contributed by atoms with Gasteiger partial charge in [0.05, 0.1) is 11.4 Å². The van der Waals surface area contributed by atoms with Crippen molar-refractivity contribution in [3.8, 4) is 0 Å². The molecule has 0 aromatic heterocycles. The maximum Gasteiger partial charge on any atom is 0.269 e. The first-order chi connectivity index (χ1) is 14.4. The predicted molar refractivity (Wildman–Crippen MR) is 113 cm³/mol. The normalized spacial score (nSPS) is 21.8. The van der Waals surface area contributed by atoms with Gasteiger partial charge in [-0.2, -0.15) is 4.31 Å². The summed E-state index contributed by atoms with van der Waals surface area (Å²) in [6.07, 6.45) is 1.61. The van der Waals surface area contributed by atoms with Crippen molar-refractivity contribution in [2.24, 2.45) is 5.16 Å². The number of nitrogens with one attached hydrogen (secondary N) is 1. The van der Waals surface area contributed by atoms with Gasteiger partial charge < -0.3 is 10.2 Å². The molecule has 2 aromatic rings. The van der Waals surface area contributed by atoms with Crippen LogP contribution in [-0.4, -0.2) is 43.0 Å². The number of piperidine rings is 1. The van der Waals surface area contributed by atoms with Crippen molar-refractivity contribution in [2.45, 2.75) is 43.2 Å². The minimum atomic E-state index is -3.61. The highest BCUT2D eigenvalue weighted by Crippen LogP contribution is 2.35. The van der Waals surface area contributed by atoms with Gasteiger partial charge in [-0.1, -0.05) is 53.2 Å². The zero-order valence-electron chi connectivity index (χ0n) is 16.9. The summed E-state index contributed by atoms with van der Waals surface area (Å²) in [6.45, 7) is 3.03. The van der Waals surface area contributed by atoms with Gasteiger partial charge in [0.15, 0.2) is 5.60 Å². The summed E-state index contributed by atoms with van der Waals surface area (Å²) < 4.78 is 27.4. The number of hydrogen-bond donors (Lipinski definition) is 1. The first-order valence-electron chi connectivity index (χ1n) is 10.0. The van der Waals surface area contributed by atoms with Crippen LogP contribution in [-0.2, 0) is 26.2 Å². The summed E-state index contributed by atoms with van der Waals surface area (Å²) >= 11 is 0. The molecule has 0 bridgehead atoms. The van der Waals surface area contributed by atoms with Gasteiger partial charge in [-0.15, -0.1) is 0 Å². The highest BCUT2D eigenvalue weighted by atomic mass is 32.2. The molecule has 2 heterocycles. The van der Waals surface area contributed by atoms with Crippen LogP contribution in [0.5, 0.6) is 0 Å². The Hall–Kier alpha value is -2.71. The SMILES string of the molecule is Cc1ccc(CNC(=O)C2=NOC3(CCCN(S(=O)(=O)c4ccccc4)C3)C2)cc1. The number of sulfonamides is 1. The predicted octanol–water partition coefficient (Wildman–Crippen LogP) is 2.61. The summed E-state index contributed by atoms with van der Waals surface area (Å²) in [5.74, 6) is -0.282. The molecule has 4 rings (SSSR count). The van der Waals surface area contributed by atoms with Crippen LogP contribution in [0.1, 0.15) is 30.4 Å². The summed E-state index contributed by atoms with van der Waals surface area (Å²) in [7, 11) is -3.61. The van der Waals surface area contributed by atoms with E-state index in [9.17, 15) is 13.2 Å². The topological polar surface area (TPSA) is 88.1 Å². The Bertz CT molecular complexity index is 1050. The molecule has 1 atom stereocenters. The van der Waals surface area contributed by atoms with E-state index in [4.69, 9.17) is 4.84 Å². The van der Waals surface area contributed by atoms with Gasteiger partial charge in [0.25, 0.3) is 5.91 Å². The molecule has 0 aliphatic carbocycles. The second-order valence-corrected chi connectivity index (χ2v) is 9.85. The van der Waals surface area contributed by atoms with E-state index in [2.05, 4.69) is 10.5 Å². The average molecular weight is 428 g/mol. The maximum absolute atomic E-state index is 13.0. The van der Waals surface area contributed by atoms with Crippen LogP contribution in [0.15, 0.2) is 64.6 Å². The van der Waals surface area contributed by atoms with E-state index in [0.717, 1.165) is 11.1 Å². The fourth-order valence-electron chi connectivity index (χ4n) is 3.86. The fourth-order valence-corrected chi connectivity index (χ4v) is 5.43. The lowest BCUT2D eigenvalue weighted by Gasteiger charge is -2.37. The molecule has 0 saturated carbocycles. The van der Waals surface area contributed by atoms with Crippen molar-refractivity contribution in [1.82, 2.24) is 9.62 Å². The highest BCUT2D eigenvalue weighted by molar-refractivity contribution is 7.89. The molecule has 1 saturated heterocycles. The molecular formula is C22H25N3O4S. The van der Waals surface area contributed by atoms with Crippen molar-refractivity contribution in [3.63, 3.8) is 0 Å². The minimum absolute atomic E-state index is 0.183. The molecule has 2 aliphatic heterocycles. The molecular weight excluding hydrogens is 402 g/mol. The van der Waals surface area contributed by atoms with E-state index in [0.29, 0.717) is 38.1 Å². The molecule has 1 spiro atoms. The summed E-state index contributed by atoms with van der Waals surface area (Å²) in [6, 6.07) is 16.3. The van der Waals surface area contributed by atoms with Gasteiger partial charge in [-0.05, 0) is 37.5 Å². The molecule has 158 valence electrons. The van der Waals surface area contributed by atoms with E-state index in [1.807, 2.05) is 31.2 Å². The molecule has 1 fully saturated rings. The number of carbonyl (C=O) groups excluding carboxylic acids is 1. The Kier molecular flexibility index (Phi) is 5.62.